The second-order valence-corrected chi connectivity index (χ2v) is 15.7. The van der Waals surface area contributed by atoms with Gasteiger partial charge in [-0.25, -0.2) is 4.79 Å². The number of likely N-dealkylation sites (tertiary alicyclic amines) is 1. The second-order valence-electron chi connectivity index (χ2n) is 15.7. The summed E-state index contributed by atoms with van der Waals surface area (Å²) in [6.07, 6.45) is 4.55. The van der Waals surface area contributed by atoms with E-state index < -0.39 is 52.2 Å². The number of carbonyl (C=O) groups excluding carboxylic acids is 6. The standard InChI is InChI=1S/C32H49N3O7/c1-29(2,3)16-21(36)15-22(30(4,5)6)27(40)35-18-32(31(11-12-31)34(7)28(41)42-32)17-23(35)24(37)14-20(25(38)26(33)39)13-19-9-8-10-19/h19-20,22-23H,8-18H2,1-7H3,(H2,33,39)/t20?,22-,23+,32?/m1/s1. The first-order valence-corrected chi connectivity index (χ1v) is 15.5. The highest BCUT2D eigenvalue weighted by Gasteiger charge is 2.74. The third kappa shape index (κ3) is 6.13. The molecule has 0 aromatic carbocycles. The monoisotopic (exact) mass is 587 g/mol. The Morgan fingerprint density at radius 3 is 2.12 bits per heavy atom. The van der Waals surface area contributed by atoms with Gasteiger partial charge in [0.25, 0.3) is 5.91 Å². The number of carbonyl (C=O) groups is 6. The third-order valence-corrected chi connectivity index (χ3v) is 10.2. The number of nitrogens with two attached hydrogens (primary N) is 1. The summed E-state index contributed by atoms with van der Waals surface area (Å²) in [6, 6.07) is -0.943. The lowest BCUT2D eigenvalue weighted by Gasteiger charge is -2.36. The van der Waals surface area contributed by atoms with Gasteiger partial charge in [-0.05, 0) is 36.0 Å². The number of likely N-dealkylation sites (N-methyl/N-ethyl adjacent to an activating group) is 1. The molecule has 4 rings (SSSR count). The molecular formula is C32H49N3O7. The normalized spacial score (nSPS) is 26.6. The molecule has 0 bridgehead atoms. The van der Waals surface area contributed by atoms with Crippen molar-refractivity contribution in [3.8, 4) is 0 Å². The molecule has 234 valence electrons. The maximum Gasteiger partial charge on any atom is 0.410 e. The lowest BCUT2D eigenvalue weighted by molar-refractivity contribution is -0.147. The van der Waals surface area contributed by atoms with Crippen LogP contribution in [0.2, 0.25) is 0 Å². The number of ether oxygens (including phenoxy) is 1. The number of rotatable bonds is 11. The molecule has 4 fully saturated rings. The quantitative estimate of drug-likeness (QED) is 0.362. The Labute approximate surface area is 249 Å². The molecule has 2 spiro atoms. The molecule has 4 atom stereocenters. The largest absolute Gasteiger partial charge is 0.438 e. The minimum Gasteiger partial charge on any atom is -0.438 e. The topological polar surface area (TPSA) is 144 Å². The van der Waals surface area contributed by atoms with Crippen LogP contribution in [0, 0.1) is 28.6 Å². The molecular weight excluding hydrogens is 538 g/mol. The molecule has 2 N–H and O–H groups in total. The zero-order valence-electron chi connectivity index (χ0n) is 26.4. The molecule has 0 aromatic rings. The fourth-order valence-corrected chi connectivity index (χ4v) is 7.37. The van der Waals surface area contributed by atoms with E-state index in [2.05, 4.69) is 0 Å². The van der Waals surface area contributed by atoms with Crippen molar-refractivity contribution in [3.63, 3.8) is 0 Å². The van der Waals surface area contributed by atoms with Gasteiger partial charge in [0.05, 0.1) is 18.1 Å². The van der Waals surface area contributed by atoms with Crippen LogP contribution in [-0.4, -0.2) is 75.8 Å². The Bertz CT molecular complexity index is 1160. The van der Waals surface area contributed by atoms with Crippen LogP contribution in [0.5, 0.6) is 0 Å². The summed E-state index contributed by atoms with van der Waals surface area (Å²) < 4.78 is 5.99. The van der Waals surface area contributed by atoms with E-state index in [9.17, 15) is 28.8 Å². The minimum absolute atomic E-state index is 0.0223. The number of hydrogen-bond acceptors (Lipinski definition) is 7. The van der Waals surface area contributed by atoms with Gasteiger partial charge in [0.15, 0.2) is 11.4 Å². The summed E-state index contributed by atoms with van der Waals surface area (Å²) in [5.41, 5.74) is 2.91. The van der Waals surface area contributed by atoms with Crippen LogP contribution in [0.1, 0.15) is 106 Å². The van der Waals surface area contributed by atoms with Gasteiger partial charge in [0, 0.05) is 44.6 Å². The first kappa shape index (κ1) is 32.1. The molecule has 10 heteroatoms. The van der Waals surface area contributed by atoms with Gasteiger partial charge < -0.3 is 20.3 Å². The Hall–Kier alpha value is -2.78. The van der Waals surface area contributed by atoms with E-state index in [-0.39, 0.29) is 54.6 Å². The van der Waals surface area contributed by atoms with Crippen molar-refractivity contribution in [1.82, 2.24) is 9.80 Å². The van der Waals surface area contributed by atoms with E-state index in [4.69, 9.17) is 10.5 Å². The smallest absolute Gasteiger partial charge is 0.410 e. The van der Waals surface area contributed by atoms with Crippen LogP contribution in [0.3, 0.4) is 0 Å². The first-order valence-electron chi connectivity index (χ1n) is 15.5. The molecule has 3 amide bonds. The summed E-state index contributed by atoms with van der Waals surface area (Å²) in [6.45, 7) is 11.7. The molecule has 10 nitrogen and oxygen atoms in total. The molecule has 2 aliphatic carbocycles. The number of Topliss-reactive ketones (excluding diaryl/α,β-unsaturated/α-hetero) is 3. The highest BCUT2D eigenvalue weighted by atomic mass is 16.6. The molecule has 4 aliphatic rings. The van der Waals surface area contributed by atoms with Gasteiger partial charge in [-0.3, -0.25) is 24.0 Å². The fourth-order valence-electron chi connectivity index (χ4n) is 7.37. The summed E-state index contributed by atoms with van der Waals surface area (Å²) >= 11 is 0. The molecule has 2 unspecified atom stereocenters. The SMILES string of the molecule is CN1C(=O)OC2(C[C@@H](C(=O)CC(CC3CCC3)C(=O)C(N)=O)N(C(=O)[C@@H](CC(=O)CC(C)(C)C)C(C)(C)C)C2)C12CC2. The fraction of sp³-hybridized carbons (Fsp3) is 0.812. The van der Waals surface area contributed by atoms with Crippen molar-refractivity contribution < 1.29 is 33.5 Å². The maximum atomic E-state index is 14.4. The van der Waals surface area contributed by atoms with Crippen molar-refractivity contribution in [2.75, 3.05) is 13.6 Å². The van der Waals surface area contributed by atoms with Crippen LogP contribution in [0.4, 0.5) is 4.79 Å². The van der Waals surface area contributed by atoms with Crippen molar-refractivity contribution in [3.05, 3.63) is 0 Å². The molecule has 2 saturated carbocycles. The molecule has 2 saturated heterocycles. The Morgan fingerprint density at radius 2 is 1.64 bits per heavy atom. The lowest BCUT2D eigenvalue weighted by atomic mass is 9.75. The summed E-state index contributed by atoms with van der Waals surface area (Å²) in [4.78, 5) is 82.2. The van der Waals surface area contributed by atoms with Crippen LogP contribution >= 0.6 is 0 Å². The summed E-state index contributed by atoms with van der Waals surface area (Å²) in [5.74, 6) is -3.77. The number of primary amides is 1. The zero-order chi connectivity index (χ0) is 31.4. The average molecular weight is 588 g/mol. The molecule has 0 aromatic heterocycles. The third-order valence-electron chi connectivity index (χ3n) is 10.2. The highest BCUT2D eigenvalue weighted by Crippen LogP contribution is 2.60. The molecule has 2 heterocycles. The maximum absolute atomic E-state index is 14.4. The van der Waals surface area contributed by atoms with Gasteiger partial charge in [0.2, 0.25) is 11.7 Å². The minimum atomic E-state index is -1.06. The van der Waals surface area contributed by atoms with E-state index in [1.807, 2.05) is 41.5 Å². The van der Waals surface area contributed by atoms with Crippen molar-refractivity contribution in [2.24, 2.45) is 34.3 Å². The van der Waals surface area contributed by atoms with Crippen molar-refractivity contribution in [2.45, 2.75) is 123 Å². The van der Waals surface area contributed by atoms with Crippen LogP contribution in [0.15, 0.2) is 0 Å². The Kier molecular flexibility index (Phi) is 8.46. The van der Waals surface area contributed by atoms with E-state index in [1.165, 1.54) is 4.90 Å². The van der Waals surface area contributed by atoms with E-state index in [0.29, 0.717) is 25.7 Å². The number of amides is 3. The second kappa shape index (κ2) is 11.1. The van der Waals surface area contributed by atoms with Gasteiger partial charge >= 0.3 is 6.09 Å². The summed E-state index contributed by atoms with van der Waals surface area (Å²) in [5, 5.41) is 0. The Morgan fingerprint density at radius 1 is 1.02 bits per heavy atom. The van der Waals surface area contributed by atoms with Crippen LogP contribution in [-0.2, 0) is 28.7 Å². The average Bonchev–Trinajstić information content (AvgIpc) is 3.52. The van der Waals surface area contributed by atoms with Gasteiger partial charge in [-0.2, -0.15) is 0 Å². The number of fused-ring (bicyclic) bond motifs is 1. The first-order chi connectivity index (χ1) is 19.3. The van der Waals surface area contributed by atoms with Crippen molar-refractivity contribution >= 4 is 35.3 Å². The molecule has 2 aliphatic heterocycles. The number of ketones is 3. The van der Waals surface area contributed by atoms with Gasteiger partial charge in [0.1, 0.15) is 5.78 Å². The predicted molar refractivity (Wildman–Crippen MR) is 155 cm³/mol. The molecule has 0 radical (unpaired) electrons. The van der Waals surface area contributed by atoms with Gasteiger partial charge in [-0.15, -0.1) is 0 Å². The van der Waals surface area contributed by atoms with E-state index in [1.54, 1.807) is 11.9 Å². The number of nitrogens with zero attached hydrogens (tertiary/aromatic N) is 2. The zero-order valence-corrected chi connectivity index (χ0v) is 26.4. The Balaban J connectivity index is 1.66. The highest BCUT2D eigenvalue weighted by molar-refractivity contribution is 6.36. The van der Waals surface area contributed by atoms with Gasteiger partial charge in [-0.1, -0.05) is 60.8 Å². The summed E-state index contributed by atoms with van der Waals surface area (Å²) in [7, 11) is 1.69. The predicted octanol–water partition coefficient (Wildman–Crippen LogP) is 3.82. The van der Waals surface area contributed by atoms with Crippen LogP contribution < -0.4 is 5.73 Å². The van der Waals surface area contributed by atoms with Crippen molar-refractivity contribution in [1.29, 1.82) is 0 Å². The van der Waals surface area contributed by atoms with Crippen LogP contribution in [0.25, 0.3) is 0 Å². The van der Waals surface area contributed by atoms with E-state index >= 15 is 0 Å². The lowest BCUT2D eigenvalue weighted by Crippen LogP contribution is -2.51. The molecule has 42 heavy (non-hydrogen) atoms. The van der Waals surface area contributed by atoms with E-state index in [0.717, 1.165) is 19.3 Å². The number of hydrogen-bond donors (Lipinski definition) is 1.